The molecule has 0 spiro atoms. The van der Waals surface area contributed by atoms with Gasteiger partial charge in [-0.2, -0.15) is 0 Å². The predicted octanol–water partition coefficient (Wildman–Crippen LogP) is 1.49. The van der Waals surface area contributed by atoms with Gasteiger partial charge in [0.25, 0.3) is 0 Å². The predicted molar refractivity (Wildman–Crippen MR) is 68.9 cm³/mol. The molecule has 0 bridgehead atoms. The molecule has 1 aromatic carbocycles. The molecule has 2 rings (SSSR count). The van der Waals surface area contributed by atoms with E-state index >= 15 is 0 Å². The molecule has 0 saturated heterocycles. The highest BCUT2D eigenvalue weighted by Crippen LogP contribution is 2.23. The quantitative estimate of drug-likeness (QED) is 0.645. The molecule has 19 heavy (non-hydrogen) atoms. The van der Waals surface area contributed by atoms with E-state index in [4.69, 9.17) is 10.6 Å². The summed E-state index contributed by atoms with van der Waals surface area (Å²) in [7, 11) is 1.52. The van der Waals surface area contributed by atoms with Gasteiger partial charge in [0.2, 0.25) is 5.88 Å². The Labute approximate surface area is 110 Å². The van der Waals surface area contributed by atoms with E-state index in [0.29, 0.717) is 11.6 Å². The van der Waals surface area contributed by atoms with Crippen LogP contribution < -0.4 is 16.0 Å². The largest absolute Gasteiger partial charge is 0.480 e. The van der Waals surface area contributed by atoms with Crippen molar-refractivity contribution < 1.29 is 9.13 Å². The number of methoxy groups -OCH3 is 1. The van der Waals surface area contributed by atoms with Crippen LogP contribution in [-0.4, -0.2) is 17.3 Å². The van der Waals surface area contributed by atoms with E-state index in [1.165, 1.54) is 19.2 Å². The number of hydrogen-bond donors (Lipinski definition) is 2. The Bertz CT molecular complexity index is 559. The Morgan fingerprint density at radius 3 is 2.58 bits per heavy atom. The normalized spacial score (nSPS) is 12.2. The SMILES string of the molecule is COc1ccc(C(NN)c2ccc(F)cc2C)nn1. The third-order valence-corrected chi connectivity index (χ3v) is 2.88. The number of aromatic nitrogens is 2. The zero-order chi connectivity index (χ0) is 13.8. The van der Waals surface area contributed by atoms with Crippen LogP contribution in [0.15, 0.2) is 30.3 Å². The van der Waals surface area contributed by atoms with Crippen molar-refractivity contribution in [2.75, 3.05) is 7.11 Å². The Morgan fingerprint density at radius 1 is 1.26 bits per heavy atom. The molecule has 2 aromatic rings. The molecule has 0 aliphatic carbocycles. The van der Waals surface area contributed by atoms with Crippen LogP contribution in [0, 0.1) is 12.7 Å². The number of aryl methyl sites for hydroxylation is 1. The number of nitrogens with two attached hydrogens (primary N) is 1. The fraction of sp³-hybridized carbons (Fsp3) is 0.231. The van der Waals surface area contributed by atoms with Crippen LogP contribution in [0.25, 0.3) is 0 Å². The Hall–Kier alpha value is -2.05. The third-order valence-electron chi connectivity index (χ3n) is 2.88. The number of ether oxygens (including phenoxy) is 1. The molecule has 5 nitrogen and oxygen atoms in total. The molecule has 0 aliphatic rings. The molecule has 1 unspecified atom stereocenters. The number of halogens is 1. The molecule has 0 radical (unpaired) electrons. The van der Waals surface area contributed by atoms with Crippen LogP contribution in [0.5, 0.6) is 5.88 Å². The van der Waals surface area contributed by atoms with Gasteiger partial charge < -0.3 is 4.74 Å². The van der Waals surface area contributed by atoms with Gasteiger partial charge in [-0.05, 0) is 36.2 Å². The van der Waals surface area contributed by atoms with Gasteiger partial charge in [0.1, 0.15) is 5.82 Å². The van der Waals surface area contributed by atoms with Crippen LogP contribution in [0.1, 0.15) is 22.9 Å². The fourth-order valence-corrected chi connectivity index (χ4v) is 1.89. The highest BCUT2D eigenvalue weighted by atomic mass is 19.1. The molecular formula is C13H15FN4O. The Kier molecular flexibility index (Phi) is 4.03. The summed E-state index contributed by atoms with van der Waals surface area (Å²) in [6, 6.07) is 7.64. The summed E-state index contributed by atoms with van der Waals surface area (Å²) in [5.74, 6) is 5.72. The summed E-state index contributed by atoms with van der Waals surface area (Å²) in [6.45, 7) is 1.82. The molecule has 1 heterocycles. The van der Waals surface area contributed by atoms with Gasteiger partial charge in [-0.3, -0.25) is 5.84 Å². The van der Waals surface area contributed by atoms with Gasteiger partial charge in [-0.25, -0.2) is 9.82 Å². The lowest BCUT2D eigenvalue weighted by Gasteiger charge is -2.17. The first-order valence-electron chi connectivity index (χ1n) is 5.75. The summed E-state index contributed by atoms with van der Waals surface area (Å²) in [5.41, 5.74) is 4.95. The topological polar surface area (TPSA) is 73.1 Å². The second-order valence-corrected chi connectivity index (χ2v) is 4.10. The third kappa shape index (κ3) is 2.86. The zero-order valence-corrected chi connectivity index (χ0v) is 10.7. The van der Waals surface area contributed by atoms with Crippen molar-refractivity contribution in [3.8, 4) is 5.88 Å². The van der Waals surface area contributed by atoms with Crippen LogP contribution in [0.2, 0.25) is 0 Å². The van der Waals surface area contributed by atoms with Gasteiger partial charge in [0.15, 0.2) is 0 Å². The molecule has 1 atom stereocenters. The van der Waals surface area contributed by atoms with Crippen molar-refractivity contribution >= 4 is 0 Å². The first-order valence-corrected chi connectivity index (χ1v) is 5.75. The van der Waals surface area contributed by atoms with Crippen molar-refractivity contribution in [3.05, 3.63) is 53.0 Å². The number of benzene rings is 1. The molecule has 100 valence electrons. The smallest absolute Gasteiger partial charge is 0.233 e. The summed E-state index contributed by atoms with van der Waals surface area (Å²) in [4.78, 5) is 0. The maximum absolute atomic E-state index is 13.1. The van der Waals surface area contributed by atoms with E-state index in [2.05, 4.69) is 15.6 Å². The molecule has 0 aliphatic heterocycles. The molecule has 6 heteroatoms. The van der Waals surface area contributed by atoms with Gasteiger partial charge >= 0.3 is 0 Å². The first kappa shape index (κ1) is 13.4. The van der Waals surface area contributed by atoms with Crippen molar-refractivity contribution in [2.45, 2.75) is 13.0 Å². The van der Waals surface area contributed by atoms with Crippen molar-refractivity contribution in [3.63, 3.8) is 0 Å². The summed E-state index contributed by atoms with van der Waals surface area (Å²) in [5, 5.41) is 7.95. The van der Waals surface area contributed by atoms with Gasteiger partial charge in [0, 0.05) is 6.07 Å². The Balaban J connectivity index is 2.37. The Morgan fingerprint density at radius 2 is 2.05 bits per heavy atom. The molecule has 0 fully saturated rings. The summed E-state index contributed by atoms with van der Waals surface area (Å²) >= 11 is 0. The van der Waals surface area contributed by atoms with Crippen LogP contribution in [-0.2, 0) is 0 Å². The van der Waals surface area contributed by atoms with E-state index in [-0.39, 0.29) is 11.9 Å². The highest BCUT2D eigenvalue weighted by Gasteiger charge is 2.17. The number of hydrogen-bond acceptors (Lipinski definition) is 5. The van der Waals surface area contributed by atoms with Crippen LogP contribution in [0.3, 0.4) is 0 Å². The van der Waals surface area contributed by atoms with Crippen molar-refractivity contribution in [1.82, 2.24) is 15.6 Å². The van der Waals surface area contributed by atoms with E-state index in [9.17, 15) is 4.39 Å². The number of rotatable bonds is 4. The molecule has 0 amide bonds. The van der Waals surface area contributed by atoms with E-state index in [1.807, 2.05) is 6.92 Å². The van der Waals surface area contributed by atoms with Gasteiger partial charge in [0.05, 0.1) is 18.8 Å². The van der Waals surface area contributed by atoms with Crippen molar-refractivity contribution in [2.24, 2.45) is 5.84 Å². The lowest BCUT2D eigenvalue weighted by Crippen LogP contribution is -2.30. The average molecular weight is 262 g/mol. The lowest BCUT2D eigenvalue weighted by atomic mass is 9.99. The molecule has 1 aromatic heterocycles. The fourth-order valence-electron chi connectivity index (χ4n) is 1.89. The molecular weight excluding hydrogens is 247 g/mol. The monoisotopic (exact) mass is 262 g/mol. The van der Waals surface area contributed by atoms with E-state index < -0.39 is 0 Å². The average Bonchev–Trinajstić information content (AvgIpc) is 2.42. The highest BCUT2D eigenvalue weighted by molar-refractivity contribution is 5.34. The second kappa shape index (κ2) is 5.73. The molecule has 3 N–H and O–H groups in total. The minimum absolute atomic E-state index is 0.280. The summed E-state index contributed by atoms with van der Waals surface area (Å²) < 4.78 is 18.1. The second-order valence-electron chi connectivity index (χ2n) is 4.10. The van der Waals surface area contributed by atoms with Crippen LogP contribution in [0.4, 0.5) is 4.39 Å². The number of nitrogens with one attached hydrogen (secondary N) is 1. The van der Waals surface area contributed by atoms with Gasteiger partial charge in [-0.1, -0.05) is 6.07 Å². The standard InChI is InChI=1S/C13H15FN4O/c1-8-7-9(14)3-4-10(8)13(16-15)11-5-6-12(19-2)18-17-11/h3-7,13,16H,15H2,1-2H3. The maximum atomic E-state index is 13.1. The minimum Gasteiger partial charge on any atom is -0.480 e. The summed E-state index contributed by atoms with van der Waals surface area (Å²) in [6.07, 6.45) is 0. The zero-order valence-electron chi connectivity index (χ0n) is 10.7. The number of hydrazine groups is 1. The van der Waals surface area contributed by atoms with E-state index in [1.54, 1.807) is 18.2 Å². The van der Waals surface area contributed by atoms with Crippen LogP contribution >= 0.6 is 0 Å². The molecule has 0 saturated carbocycles. The van der Waals surface area contributed by atoms with Crippen molar-refractivity contribution in [1.29, 1.82) is 0 Å². The lowest BCUT2D eigenvalue weighted by molar-refractivity contribution is 0.390. The number of nitrogens with zero attached hydrogens (tertiary/aromatic N) is 2. The van der Waals surface area contributed by atoms with E-state index in [0.717, 1.165) is 11.1 Å². The first-order chi connectivity index (χ1) is 9.15. The minimum atomic E-state index is -0.348. The maximum Gasteiger partial charge on any atom is 0.233 e. The van der Waals surface area contributed by atoms with Gasteiger partial charge in [-0.15, -0.1) is 10.2 Å².